The van der Waals surface area contributed by atoms with Crippen LogP contribution in [-0.2, 0) is 0 Å². The van der Waals surface area contributed by atoms with Gasteiger partial charge in [-0.2, -0.15) is 0 Å². The van der Waals surface area contributed by atoms with Crippen LogP contribution >= 0.6 is 0 Å². The Hall–Kier alpha value is -1.49. The zero-order valence-electron chi connectivity index (χ0n) is 7.03. The molecule has 2 N–H and O–H groups in total. The number of hydrogen-bond acceptors (Lipinski definition) is 3. The van der Waals surface area contributed by atoms with Crippen LogP contribution in [0.15, 0.2) is 18.2 Å². The Kier molecular flexibility index (Phi) is 2.57. The van der Waals surface area contributed by atoms with Crippen LogP contribution in [0.25, 0.3) is 0 Å². The molecule has 0 aliphatic rings. The normalized spacial score (nSPS) is 12.5. The molecule has 0 heterocycles. The van der Waals surface area contributed by atoms with Crippen molar-refractivity contribution in [3.05, 3.63) is 39.7 Å². The van der Waals surface area contributed by atoms with Crippen LogP contribution in [0.2, 0.25) is 0 Å². The first-order valence-electron chi connectivity index (χ1n) is 3.72. The van der Waals surface area contributed by atoms with Gasteiger partial charge < -0.3 is 5.73 Å². The van der Waals surface area contributed by atoms with Gasteiger partial charge in [-0.05, 0) is 13.0 Å². The van der Waals surface area contributed by atoms with Crippen LogP contribution in [-0.4, -0.2) is 4.92 Å². The molecule has 0 amide bonds. The molecule has 4 nitrogen and oxygen atoms in total. The second-order valence-corrected chi connectivity index (χ2v) is 2.75. The molecule has 1 atom stereocenters. The maximum Gasteiger partial charge on any atom is 0.272 e. The number of nitrogens with two attached hydrogens (primary N) is 1. The smallest absolute Gasteiger partial charge is 0.272 e. The molecule has 0 radical (unpaired) electrons. The summed E-state index contributed by atoms with van der Waals surface area (Å²) in [5.41, 5.74) is 5.45. The van der Waals surface area contributed by atoms with Gasteiger partial charge in [-0.1, -0.05) is 0 Å². The number of benzene rings is 1. The van der Waals surface area contributed by atoms with Crippen LogP contribution in [0.4, 0.5) is 10.1 Å². The molecule has 0 saturated heterocycles. The Labute approximate surface area is 74.3 Å². The van der Waals surface area contributed by atoms with E-state index >= 15 is 0 Å². The molecule has 0 saturated carbocycles. The molecule has 70 valence electrons. The van der Waals surface area contributed by atoms with Gasteiger partial charge in [0.2, 0.25) is 0 Å². The summed E-state index contributed by atoms with van der Waals surface area (Å²) in [5.74, 6) is -0.635. The molecule has 0 fully saturated rings. The Morgan fingerprint density at radius 2 is 2.23 bits per heavy atom. The van der Waals surface area contributed by atoms with Crippen LogP contribution in [0.1, 0.15) is 18.5 Å². The molecule has 0 spiro atoms. The summed E-state index contributed by atoms with van der Waals surface area (Å²) in [6.45, 7) is 1.62. The second-order valence-electron chi connectivity index (χ2n) is 2.75. The van der Waals surface area contributed by atoms with Gasteiger partial charge in [-0.15, -0.1) is 0 Å². The van der Waals surface area contributed by atoms with Crippen LogP contribution in [0.3, 0.4) is 0 Å². The lowest BCUT2D eigenvalue weighted by molar-refractivity contribution is -0.385. The molecule has 5 heteroatoms. The average molecular weight is 184 g/mol. The first-order chi connectivity index (χ1) is 6.02. The fourth-order valence-corrected chi connectivity index (χ4v) is 0.999. The lowest BCUT2D eigenvalue weighted by Crippen LogP contribution is -2.07. The Morgan fingerprint density at radius 1 is 1.62 bits per heavy atom. The van der Waals surface area contributed by atoms with E-state index in [2.05, 4.69) is 0 Å². The first kappa shape index (κ1) is 9.60. The van der Waals surface area contributed by atoms with Gasteiger partial charge in [0.25, 0.3) is 5.69 Å². The van der Waals surface area contributed by atoms with Crippen molar-refractivity contribution in [3.63, 3.8) is 0 Å². The van der Waals surface area contributed by atoms with E-state index in [9.17, 15) is 14.5 Å². The molecule has 0 aliphatic carbocycles. The quantitative estimate of drug-likeness (QED) is 0.562. The summed E-state index contributed by atoms with van der Waals surface area (Å²) in [4.78, 5) is 9.60. The lowest BCUT2D eigenvalue weighted by atomic mass is 10.1. The highest BCUT2D eigenvalue weighted by molar-refractivity contribution is 5.35. The van der Waals surface area contributed by atoms with Gasteiger partial charge in [0, 0.05) is 17.7 Å². The molecule has 1 aromatic carbocycles. The van der Waals surface area contributed by atoms with Crippen molar-refractivity contribution < 1.29 is 9.31 Å². The molecular weight excluding hydrogens is 175 g/mol. The third kappa shape index (κ3) is 2.00. The monoisotopic (exact) mass is 184 g/mol. The Balaban J connectivity index is 3.13. The molecule has 0 unspecified atom stereocenters. The van der Waals surface area contributed by atoms with Crippen molar-refractivity contribution in [1.82, 2.24) is 0 Å². The number of nitro benzene ring substituents is 1. The number of halogens is 1. The van der Waals surface area contributed by atoms with E-state index in [-0.39, 0.29) is 11.3 Å². The van der Waals surface area contributed by atoms with E-state index in [1.54, 1.807) is 6.92 Å². The molecule has 0 bridgehead atoms. The topological polar surface area (TPSA) is 69.2 Å². The molecule has 0 aromatic heterocycles. The summed E-state index contributed by atoms with van der Waals surface area (Å²) in [5, 5.41) is 10.2. The zero-order valence-corrected chi connectivity index (χ0v) is 7.03. The SMILES string of the molecule is C[C@H](N)c1ccc([N+](=O)[O-])cc1F. The van der Waals surface area contributed by atoms with Gasteiger partial charge in [0.15, 0.2) is 0 Å². The highest BCUT2D eigenvalue weighted by Crippen LogP contribution is 2.20. The summed E-state index contributed by atoms with van der Waals surface area (Å²) in [6, 6.07) is 2.99. The third-order valence-corrected chi connectivity index (χ3v) is 1.69. The Morgan fingerprint density at radius 3 is 2.62 bits per heavy atom. The van der Waals surface area contributed by atoms with Gasteiger partial charge in [0.1, 0.15) is 5.82 Å². The van der Waals surface area contributed by atoms with Crippen LogP contribution < -0.4 is 5.73 Å². The molecule has 13 heavy (non-hydrogen) atoms. The molecule has 1 rings (SSSR count). The minimum atomic E-state index is -0.645. The number of nitrogens with zero attached hydrogens (tertiary/aromatic N) is 1. The van der Waals surface area contributed by atoms with Gasteiger partial charge in [-0.25, -0.2) is 4.39 Å². The van der Waals surface area contributed by atoms with Gasteiger partial charge >= 0.3 is 0 Å². The van der Waals surface area contributed by atoms with E-state index in [1.807, 2.05) is 0 Å². The van der Waals surface area contributed by atoms with Crippen molar-refractivity contribution in [3.8, 4) is 0 Å². The predicted molar refractivity (Wildman–Crippen MR) is 45.7 cm³/mol. The van der Waals surface area contributed by atoms with E-state index in [4.69, 9.17) is 5.73 Å². The van der Waals surface area contributed by atoms with E-state index in [0.29, 0.717) is 0 Å². The predicted octanol–water partition coefficient (Wildman–Crippen LogP) is 1.75. The minimum Gasteiger partial charge on any atom is -0.324 e. The van der Waals surface area contributed by atoms with Crippen LogP contribution in [0.5, 0.6) is 0 Å². The van der Waals surface area contributed by atoms with Gasteiger partial charge in [0.05, 0.1) is 11.0 Å². The van der Waals surface area contributed by atoms with E-state index in [0.717, 1.165) is 6.07 Å². The maximum absolute atomic E-state index is 13.1. The second kappa shape index (κ2) is 3.49. The lowest BCUT2D eigenvalue weighted by Gasteiger charge is -2.05. The van der Waals surface area contributed by atoms with Crippen LogP contribution in [0, 0.1) is 15.9 Å². The number of non-ortho nitro benzene ring substituents is 1. The fraction of sp³-hybridized carbons (Fsp3) is 0.250. The summed E-state index contributed by atoms with van der Waals surface area (Å²) < 4.78 is 13.1. The minimum absolute atomic E-state index is 0.262. The van der Waals surface area contributed by atoms with E-state index in [1.165, 1.54) is 12.1 Å². The highest BCUT2D eigenvalue weighted by Gasteiger charge is 2.12. The largest absolute Gasteiger partial charge is 0.324 e. The summed E-state index contributed by atoms with van der Waals surface area (Å²) in [7, 11) is 0. The van der Waals surface area contributed by atoms with Crippen molar-refractivity contribution in [2.45, 2.75) is 13.0 Å². The number of rotatable bonds is 2. The zero-order chi connectivity index (χ0) is 10.0. The third-order valence-electron chi connectivity index (χ3n) is 1.69. The summed E-state index contributed by atoms with van der Waals surface area (Å²) in [6.07, 6.45) is 0. The first-order valence-corrected chi connectivity index (χ1v) is 3.72. The molecule has 0 aliphatic heterocycles. The average Bonchev–Trinajstić information content (AvgIpc) is 2.03. The van der Waals surface area contributed by atoms with Crippen molar-refractivity contribution in [2.75, 3.05) is 0 Å². The van der Waals surface area contributed by atoms with Crippen molar-refractivity contribution in [1.29, 1.82) is 0 Å². The number of hydrogen-bond donors (Lipinski definition) is 1. The molecular formula is C8H9FN2O2. The fourth-order valence-electron chi connectivity index (χ4n) is 0.999. The van der Waals surface area contributed by atoms with Crippen molar-refractivity contribution >= 4 is 5.69 Å². The van der Waals surface area contributed by atoms with E-state index < -0.39 is 16.8 Å². The standard InChI is InChI=1S/C8H9FN2O2/c1-5(10)7-3-2-6(11(12)13)4-8(7)9/h2-5H,10H2,1H3/t5-/m0/s1. The highest BCUT2D eigenvalue weighted by atomic mass is 19.1. The molecule has 1 aromatic rings. The maximum atomic E-state index is 13.1. The Bertz CT molecular complexity index is 339. The summed E-state index contributed by atoms with van der Waals surface area (Å²) >= 11 is 0. The number of nitro groups is 1. The van der Waals surface area contributed by atoms with Gasteiger partial charge in [-0.3, -0.25) is 10.1 Å². The van der Waals surface area contributed by atoms with Crippen molar-refractivity contribution in [2.24, 2.45) is 5.73 Å².